The average Bonchev–Trinajstić information content (AvgIpc) is 2.42. The summed E-state index contributed by atoms with van der Waals surface area (Å²) < 4.78 is 0. The predicted octanol–water partition coefficient (Wildman–Crippen LogP) is 3.47. The lowest BCUT2D eigenvalue weighted by atomic mass is 9.70. The van der Waals surface area contributed by atoms with Gasteiger partial charge in [-0.2, -0.15) is 0 Å². The second-order valence-electron chi connectivity index (χ2n) is 5.96. The van der Waals surface area contributed by atoms with Gasteiger partial charge in [-0.25, -0.2) is 4.98 Å². The Labute approximate surface area is 124 Å². The van der Waals surface area contributed by atoms with Crippen LogP contribution in [0.25, 0.3) is 10.9 Å². The Hall–Kier alpha value is -1.68. The molecule has 3 N–H and O–H groups in total. The van der Waals surface area contributed by atoms with Crippen LogP contribution in [-0.4, -0.2) is 16.5 Å². The summed E-state index contributed by atoms with van der Waals surface area (Å²) in [6.07, 6.45) is 3.87. The van der Waals surface area contributed by atoms with E-state index in [1.165, 1.54) is 19.3 Å². The standard InChI is InChI=1S/C16H19N3S/c1-16(7-4-8-16)10-18-15-12(14(17)20)9-11-5-2-3-6-13(11)19-15/h2-3,5-6,9H,4,7-8,10H2,1H3,(H2,17,20)(H,18,19). The predicted molar refractivity (Wildman–Crippen MR) is 88.1 cm³/mol. The zero-order valence-corrected chi connectivity index (χ0v) is 12.5. The largest absolute Gasteiger partial charge is 0.389 e. The molecular formula is C16H19N3S. The molecule has 2 aromatic rings. The van der Waals surface area contributed by atoms with Gasteiger partial charge in [-0.15, -0.1) is 0 Å². The molecule has 0 atom stereocenters. The van der Waals surface area contributed by atoms with Crippen molar-refractivity contribution < 1.29 is 0 Å². The molecule has 0 radical (unpaired) electrons. The van der Waals surface area contributed by atoms with Crippen molar-refractivity contribution in [3.63, 3.8) is 0 Å². The quantitative estimate of drug-likeness (QED) is 0.845. The topological polar surface area (TPSA) is 50.9 Å². The van der Waals surface area contributed by atoms with E-state index in [-0.39, 0.29) is 0 Å². The second kappa shape index (κ2) is 5.02. The summed E-state index contributed by atoms with van der Waals surface area (Å²) in [5.41, 5.74) is 8.03. The Kier molecular flexibility index (Phi) is 3.34. The first kappa shape index (κ1) is 13.3. The molecule has 0 saturated heterocycles. The Morgan fingerprint density at radius 2 is 2.15 bits per heavy atom. The third kappa shape index (κ3) is 2.48. The van der Waals surface area contributed by atoms with E-state index in [1.807, 2.05) is 30.3 Å². The minimum absolute atomic E-state index is 0.390. The summed E-state index contributed by atoms with van der Waals surface area (Å²) in [5.74, 6) is 0.810. The van der Waals surface area contributed by atoms with E-state index in [2.05, 4.69) is 17.2 Å². The monoisotopic (exact) mass is 285 g/mol. The van der Waals surface area contributed by atoms with Crippen molar-refractivity contribution >= 4 is 33.9 Å². The zero-order chi connectivity index (χ0) is 14.2. The van der Waals surface area contributed by atoms with Gasteiger partial charge in [-0.3, -0.25) is 0 Å². The van der Waals surface area contributed by atoms with Crippen molar-refractivity contribution in [2.75, 3.05) is 11.9 Å². The summed E-state index contributed by atoms with van der Waals surface area (Å²) in [5, 5.41) is 4.52. The molecule has 1 aromatic heterocycles. The first-order valence-electron chi connectivity index (χ1n) is 7.01. The summed E-state index contributed by atoms with van der Waals surface area (Å²) in [6.45, 7) is 3.24. The van der Waals surface area contributed by atoms with E-state index < -0.39 is 0 Å². The van der Waals surface area contributed by atoms with Crippen LogP contribution in [0.4, 0.5) is 5.82 Å². The summed E-state index contributed by atoms with van der Waals surface area (Å²) in [6, 6.07) is 10.1. The van der Waals surface area contributed by atoms with Crippen LogP contribution in [-0.2, 0) is 0 Å². The lowest BCUT2D eigenvalue weighted by Gasteiger charge is -2.38. The van der Waals surface area contributed by atoms with E-state index in [0.717, 1.165) is 28.8 Å². The number of nitrogens with zero attached hydrogens (tertiary/aromatic N) is 1. The van der Waals surface area contributed by atoms with Crippen molar-refractivity contribution in [1.29, 1.82) is 0 Å². The summed E-state index contributed by atoms with van der Waals surface area (Å²) >= 11 is 5.16. The fourth-order valence-corrected chi connectivity index (χ4v) is 2.85. The maximum absolute atomic E-state index is 5.84. The Morgan fingerprint density at radius 1 is 1.40 bits per heavy atom. The minimum Gasteiger partial charge on any atom is -0.389 e. The number of nitrogens with two attached hydrogens (primary N) is 1. The fourth-order valence-electron chi connectivity index (χ4n) is 2.69. The van der Waals surface area contributed by atoms with E-state index >= 15 is 0 Å². The molecule has 104 valence electrons. The van der Waals surface area contributed by atoms with Gasteiger partial charge in [0.25, 0.3) is 0 Å². The fraction of sp³-hybridized carbons (Fsp3) is 0.375. The van der Waals surface area contributed by atoms with Gasteiger partial charge >= 0.3 is 0 Å². The first-order chi connectivity index (χ1) is 9.57. The van der Waals surface area contributed by atoms with E-state index in [4.69, 9.17) is 18.0 Å². The third-order valence-electron chi connectivity index (χ3n) is 4.23. The third-order valence-corrected chi connectivity index (χ3v) is 4.45. The Bertz CT molecular complexity index is 662. The zero-order valence-electron chi connectivity index (χ0n) is 11.6. The molecule has 1 saturated carbocycles. The van der Waals surface area contributed by atoms with Crippen LogP contribution in [0.2, 0.25) is 0 Å². The number of fused-ring (bicyclic) bond motifs is 1. The molecule has 3 rings (SSSR count). The summed E-state index contributed by atoms with van der Waals surface area (Å²) in [4.78, 5) is 5.07. The van der Waals surface area contributed by atoms with E-state index in [9.17, 15) is 0 Å². The number of hydrogen-bond acceptors (Lipinski definition) is 3. The van der Waals surface area contributed by atoms with Crippen molar-refractivity contribution in [2.45, 2.75) is 26.2 Å². The number of nitrogens with one attached hydrogen (secondary N) is 1. The van der Waals surface area contributed by atoms with Gasteiger partial charge in [0.1, 0.15) is 10.8 Å². The van der Waals surface area contributed by atoms with Crippen LogP contribution in [0.5, 0.6) is 0 Å². The van der Waals surface area contributed by atoms with Crippen molar-refractivity contribution in [1.82, 2.24) is 4.98 Å². The minimum atomic E-state index is 0.390. The molecule has 1 heterocycles. The molecule has 20 heavy (non-hydrogen) atoms. The maximum Gasteiger partial charge on any atom is 0.136 e. The van der Waals surface area contributed by atoms with Gasteiger partial charge in [0.2, 0.25) is 0 Å². The first-order valence-corrected chi connectivity index (χ1v) is 7.42. The molecular weight excluding hydrogens is 266 g/mol. The number of rotatable bonds is 4. The maximum atomic E-state index is 5.84. The highest BCUT2D eigenvalue weighted by Crippen LogP contribution is 2.40. The normalized spacial score (nSPS) is 16.6. The van der Waals surface area contributed by atoms with Gasteiger partial charge < -0.3 is 11.1 Å². The number of benzene rings is 1. The molecule has 1 aromatic carbocycles. The molecule has 0 spiro atoms. The van der Waals surface area contributed by atoms with Crippen LogP contribution in [0.3, 0.4) is 0 Å². The van der Waals surface area contributed by atoms with Gasteiger partial charge in [0, 0.05) is 11.9 Å². The van der Waals surface area contributed by atoms with Crippen LogP contribution < -0.4 is 11.1 Å². The van der Waals surface area contributed by atoms with Gasteiger partial charge in [0.05, 0.1) is 11.1 Å². The number of pyridine rings is 1. The molecule has 1 fully saturated rings. The number of thiocarbonyl (C=S) groups is 1. The highest BCUT2D eigenvalue weighted by atomic mass is 32.1. The van der Waals surface area contributed by atoms with Gasteiger partial charge in [-0.05, 0) is 30.4 Å². The molecule has 0 amide bonds. The molecule has 4 heteroatoms. The highest BCUT2D eigenvalue weighted by Gasteiger charge is 2.31. The highest BCUT2D eigenvalue weighted by molar-refractivity contribution is 7.80. The van der Waals surface area contributed by atoms with Gasteiger partial charge in [-0.1, -0.05) is 43.8 Å². The molecule has 0 aliphatic heterocycles. The molecule has 0 bridgehead atoms. The second-order valence-corrected chi connectivity index (χ2v) is 6.40. The number of aromatic nitrogens is 1. The van der Waals surface area contributed by atoms with Crippen LogP contribution in [0.15, 0.2) is 30.3 Å². The van der Waals surface area contributed by atoms with Crippen LogP contribution in [0, 0.1) is 5.41 Å². The Balaban J connectivity index is 1.94. The van der Waals surface area contributed by atoms with Crippen LogP contribution in [0.1, 0.15) is 31.7 Å². The van der Waals surface area contributed by atoms with Gasteiger partial charge in [0.15, 0.2) is 0 Å². The van der Waals surface area contributed by atoms with Crippen molar-refractivity contribution in [3.8, 4) is 0 Å². The SMILES string of the molecule is CC1(CNc2nc3ccccc3cc2C(N)=S)CCC1. The number of para-hydroxylation sites is 1. The summed E-state index contributed by atoms with van der Waals surface area (Å²) in [7, 11) is 0. The number of hydrogen-bond donors (Lipinski definition) is 2. The molecule has 0 unspecified atom stereocenters. The van der Waals surface area contributed by atoms with E-state index in [0.29, 0.717) is 10.4 Å². The Morgan fingerprint density at radius 3 is 2.80 bits per heavy atom. The van der Waals surface area contributed by atoms with Crippen molar-refractivity contribution in [3.05, 3.63) is 35.9 Å². The smallest absolute Gasteiger partial charge is 0.136 e. The van der Waals surface area contributed by atoms with Crippen molar-refractivity contribution in [2.24, 2.45) is 11.1 Å². The van der Waals surface area contributed by atoms with E-state index in [1.54, 1.807) is 0 Å². The lowest BCUT2D eigenvalue weighted by Crippen LogP contribution is -2.34. The molecule has 1 aliphatic rings. The average molecular weight is 285 g/mol. The molecule has 3 nitrogen and oxygen atoms in total. The lowest BCUT2D eigenvalue weighted by molar-refractivity contribution is 0.180. The number of anilines is 1. The van der Waals surface area contributed by atoms with Crippen LogP contribution >= 0.6 is 12.2 Å². The molecule has 1 aliphatic carbocycles.